The highest BCUT2D eigenvalue weighted by atomic mass is 32.2. The third-order valence-electron chi connectivity index (χ3n) is 7.11. The summed E-state index contributed by atoms with van der Waals surface area (Å²) < 4.78 is 40.1. The summed E-state index contributed by atoms with van der Waals surface area (Å²) in [5, 5.41) is 16.1. The third-order valence-corrected chi connectivity index (χ3v) is 8.55. The minimum absolute atomic E-state index is 0.0590. The smallest absolute Gasteiger partial charge is 0.338 e. The van der Waals surface area contributed by atoms with Crippen LogP contribution in [0.4, 0.5) is 5.69 Å². The van der Waals surface area contributed by atoms with Gasteiger partial charge in [-0.2, -0.15) is 0 Å². The zero-order chi connectivity index (χ0) is 30.9. The van der Waals surface area contributed by atoms with Crippen LogP contribution < -0.4 is 14.8 Å². The Morgan fingerprint density at radius 1 is 0.795 bits per heavy atom. The number of carbonyl (C=O) groups excluding carboxylic acids is 1. The SMILES string of the molecule is CCOC(=O)c1ccc(NC(O)CC(CNS(=O)(=O)c2ccc(Oc3ccccc3)cc2)c2ccc3ccccc3c2)cc1. The van der Waals surface area contributed by atoms with Gasteiger partial charge in [-0.1, -0.05) is 60.7 Å². The highest BCUT2D eigenvalue weighted by molar-refractivity contribution is 7.89. The van der Waals surface area contributed by atoms with Crippen molar-refractivity contribution in [1.29, 1.82) is 0 Å². The molecule has 8 nitrogen and oxygen atoms in total. The van der Waals surface area contributed by atoms with E-state index in [9.17, 15) is 18.3 Å². The van der Waals surface area contributed by atoms with Crippen LogP contribution in [0.2, 0.25) is 0 Å². The highest BCUT2D eigenvalue weighted by Crippen LogP contribution is 2.27. The normalized spacial score (nSPS) is 12.8. The second-order valence-corrected chi connectivity index (χ2v) is 12.0. The van der Waals surface area contributed by atoms with E-state index in [1.165, 1.54) is 12.1 Å². The average Bonchev–Trinajstić information content (AvgIpc) is 3.04. The standard InChI is InChI=1S/C35H34N2O6S/c1-2-42-35(39)26-14-16-30(17-15-26)37-34(38)23-29(28-13-12-25-8-6-7-9-27(25)22-28)24-36-44(40,41)33-20-18-32(19-21-33)43-31-10-4-3-5-11-31/h3-22,29,34,36-38H,2,23-24H2,1H3. The predicted molar refractivity (Wildman–Crippen MR) is 171 cm³/mol. The number of hydrogen-bond acceptors (Lipinski definition) is 7. The van der Waals surface area contributed by atoms with Gasteiger partial charge in [0.05, 0.1) is 17.1 Å². The number of esters is 1. The van der Waals surface area contributed by atoms with E-state index in [2.05, 4.69) is 10.0 Å². The van der Waals surface area contributed by atoms with Gasteiger partial charge in [0.2, 0.25) is 10.0 Å². The number of ether oxygens (including phenoxy) is 2. The number of carbonyl (C=O) groups is 1. The molecule has 0 saturated carbocycles. The molecule has 5 aromatic carbocycles. The van der Waals surface area contributed by atoms with E-state index in [0.717, 1.165) is 16.3 Å². The molecule has 0 spiro atoms. The first-order valence-electron chi connectivity index (χ1n) is 14.3. The van der Waals surface area contributed by atoms with Gasteiger partial charge in [-0.25, -0.2) is 17.9 Å². The molecule has 2 atom stereocenters. The molecule has 0 aliphatic heterocycles. The number of fused-ring (bicyclic) bond motifs is 1. The summed E-state index contributed by atoms with van der Waals surface area (Å²) in [6.07, 6.45) is -0.788. The molecule has 3 N–H and O–H groups in total. The monoisotopic (exact) mass is 610 g/mol. The molecule has 0 aliphatic carbocycles. The minimum Gasteiger partial charge on any atom is -0.462 e. The molecular weight excluding hydrogens is 576 g/mol. The van der Waals surface area contributed by atoms with Crippen molar-refractivity contribution in [1.82, 2.24) is 4.72 Å². The van der Waals surface area contributed by atoms with Crippen molar-refractivity contribution in [2.45, 2.75) is 30.4 Å². The maximum absolute atomic E-state index is 13.3. The van der Waals surface area contributed by atoms with Gasteiger partial charge in [0.25, 0.3) is 0 Å². The molecule has 226 valence electrons. The van der Waals surface area contributed by atoms with Gasteiger partial charge in [0, 0.05) is 18.2 Å². The summed E-state index contributed by atoms with van der Waals surface area (Å²) in [5.41, 5.74) is 1.91. The maximum atomic E-state index is 13.3. The minimum atomic E-state index is -3.86. The first-order valence-corrected chi connectivity index (χ1v) is 15.8. The lowest BCUT2D eigenvalue weighted by molar-refractivity contribution is 0.0526. The molecule has 0 aliphatic rings. The molecule has 0 bridgehead atoms. The van der Waals surface area contributed by atoms with Gasteiger partial charge < -0.3 is 19.9 Å². The van der Waals surface area contributed by atoms with Gasteiger partial charge >= 0.3 is 5.97 Å². The molecule has 0 fully saturated rings. The number of aliphatic hydroxyl groups is 1. The van der Waals surface area contributed by atoms with Crippen LogP contribution in [0.3, 0.4) is 0 Å². The van der Waals surface area contributed by atoms with Crippen molar-refractivity contribution in [2.24, 2.45) is 0 Å². The molecule has 0 radical (unpaired) electrons. The van der Waals surface area contributed by atoms with Crippen LogP contribution in [0.5, 0.6) is 11.5 Å². The van der Waals surface area contributed by atoms with Crippen molar-refractivity contribution in [3.05, 3.63) is 132 Å². The molecule has 0 saturated heterocycles. The molecule has 2 unspecified atom stereocenters. The molecule has 9 heteroatoms. The number of para-hydroxylation sites is 1. The van der Waals surface area contributed by atoms with Gasteiger partial charge in [-0.3, -0.25) is 0 Å². The summed E-state index contributed by atoms with van der Waals surface area (Å²) in [4.78, 5) is 12.1. The summed E-state index contributed by atoms with van der Waals surface area (Å²) in [6, 6.07) is 36.0. The number of rotatable bonds is 13. The van der Waals surface area contributed by atoms with Crippen molar-refractivity contribution in [3.63, 3.8) is 0 Å². The van der Waals surface area contributed by atoms with Gasteiger partial charge in [-0.15, -0.1) is 0 Å². The molecular formula is C35H34N2O6S. The Kier molecular flexibility index (Phi) is 9.91. The van der Waals surface area contributed by atoms with Crippen LogP contribution in [0, 0.1) is 0 Å². The van der Waals surface area contributed by atoms with Crippen LogP contribution in [0.1, 0.15) is 35.2 Å². The maximum Gasteiger partial charge on any atom is 0.338 e. The molecule has 0 aromatic heterocycles. The average molecular weight is 611 g/mol. The highest BCUT2D eigenvalue weighted by Gasteiger charge is 2.22. The zero-order valence-electron chi connectivity index (χ0n) is 24.2. The first kappa shape index (κ1) is 30.7. The van der Waals surface area contributed by atoms with E-state index in [4.69, 9.17) is 9.47 Å². The van der Waals surface area contributed by atoms with Crippen molar-refractivity contribution in [2.75, 3.05) is 18.5 Å². The third kappa shape index (κ3) is 8.02. The Morgan fingerprint density at radius 3 is 2.16 bits per heavy atom. The Bertz CT molecular complexity index is 1790. The topological polar surface area (TPSA) is 114 Å². The largest absolute Gasteiger partial charge is 0.462 e. The van der Waals surface area contributed by atoms with Crippen LogP contribution in [-0.4, -0.2) is 38.9 Å². The van der Waals surface area contributed by atoms with E-state index in [1.54, 1.807) is 43.3 Å². The van der Waals surface area contributed by atoms with Crippen LogP contribution >= 0.6 is 0 Å². The van der Waals surface area contributed by atoms with Crippen LogP contribution in [-0.2, 0) is 14.8 Å². The molecule has 0 amide bonds. The number of hydrogen-bond donors (Lipinski definition) is 3. The lowest BCUT2D eigenvalue weighted by Crippen LogP contribution is -2.31. The fraction of sp³-hybridized carbons (Fsp3) is 0.171. The van der Waals surface area contributed by atoms with Gasteiger partial charge in [0.1, 0.15) is 17.7 Å². The number of aliphatic hydroxyl groups excluding tert-OH is 1. The predicted octanol–water partition coefficient (Wildman–Crippen LogP) is 6.69. The lowest BCUT2D eigenvalue weighted by atomic mass is 9.93. The van der Waals surface area contributed by atoms with E-state index < -0.39 is 22.2 Å². The molecule has 44 heavy (non-hydrogen) atoms. The number of benzene rings is 5. The summed E-state index contributed by atoms with van der Waals surface area (Å²) in [5.74, 6) is 0.397. The fourth-order valence-corrected chi connectivity index (χ4v) is 5.92. The number of nitrogens with one attached hydrogen (secondary N) is 2. The van der Waals surface area contributed by atoms with E-state index >= 15 is 0 Å². The molecule has 0 heterocycles. The van der Waals surface area contributed by atoms with Crippen molar-refractivity contribution >= 4 is 32.5 Å². The van der Waals surface area contributed by atoms with E-state index in [0.29, 0.717) is 22.7 Å². The van der Waals surface area contributed by atoms with Crippen LogP contribution in [0.25, 0.3) is 10.8 Å². The second kappa shape index (κ2) is 14.2. The number of sulfonamides is 1. The number of anilines is 1. The summed E-state index contributed by atoms with van der Waals surface area (Å²) >= 11 is 0. The van der Waals surface area contributed by atoms with Crippen LogP contribution in [0.15, 0.2) is 126 Å². The van der Waals surface area contributed by atoms with Gasteiger partial charge in [-0.05, 0) is 90.3 Å². The molecule has 5 rings (SSSR count). The Labute approximate surface area is 257 Å². The van der Waals surface area contributed by atoms with Crippen molar-refractivity contribution < 1.29 is 27.8 Å². The lowest BCUT2D eigenvalue weighted by Gasteiger charge is -2.23. The van der Waals surface area contributed by atoms with Crippen molar-refractivity contribution in [3.8, 4) is 11.5 Å². The summed E-state index contributed by atoms with van der Waals surface area (Å²) in [7, 11) is -3.86. The Balaban J connectivity index is 1.30. The zero-order valence-corrected chi connectivity index (χ0v) is 25.0. The summed E-state index contributed by atoms with van der Waals surface area (Å²) in [6.45, 7) is 2.09. The van der Waals surface area contributed by atoms with Gasteiger partial charge in [0.15, 0.2) is 0 Å². The molecule has 5 aromatic rings. The Morgan fingerprint density at radius 2 is 1.45 bits per heavy atom. The Hall–Kier alpha value is -4.70. The quantitative estimate of drug-likeness (QED) is 0.101. The first-order chi connectivity index (χ1) is 21.3. The second-order valence-electron chi connectivity index (χ2n) is 10.2. The van der Waals surface area contributed by atoms with E-state index in [-0.39, 0.29) is 30.4 Å². The fourth-order valence-electron chi connectivity index (χ4n) is 4.84. The van der Waals surface area contributed by atoms with E-state index in [1.807, 2.05) is 72.8 Å².